The molecular formula is C13H19FN2OS. The van der Waals surface area contributed by atoms with Gasteiger partial charge in [0.25, 0.3) is 0 Å². The molecule has 0 bridgehead atoms. The van der Waals surface area contributed by atoms with Gasteiger partial charge in [-0.1, -0.05) is 19.1 Å². The predicted octanol–water partition coefficient (Wildman–Crippen LogP) is 2.08. The molecule has 1 amide bonds. The number of thioether (sulfide) groups is 1. The standard InChI is InChI=1S/C13H19FN2OS/c1-2-7-16-13(17)9-18-12(8-15)10-3-5-11(14)6-4-10/h3-6,12H,2,7-9,15H2,1H3,(H,16,17). The summed E-state index contributed by atoms with van der Waals surface area (Å²) in [7, 11) is 0. The van der Waals surface area contributed by atoms with E-state index in [1.54, 1.807) is 12.1 Å². The Morgan fingerprint density at radius 1 is 1.44 bits per heavy atom. The van der Waals surface area contributed by atoms with Gasteiger partial charge in [0.05, 0.1) is 5.75 Å². The molecule has 3 nitrogen and oxygen atoms in total. The summed E-state index contributed by atoms with van der Waals surface area (Å²) in [5, 5.41) is 2.84. The van der Waals surface area contributed by atoms with E-state index in [2.05, 4.69) is 5.32 Å². The minimum atomic E-state index is -0.264. The van der Waals surface area contributed by atoms with E-state index in [0.717, 1.165) is 12.0 Å². The molecule has 0 radical (unpaired) electrons. The number of hydrogen-bond donors (Lipinski definition) is 2. The van der Waals surface area contributed by atoms with Gasteiger partial charge < -0.3 is 11.1 Å². The van der Waals surface area contributed by atoms with E-state index in [4.69, 9.17) is 5.73 Å². The van der Waals surface area contributed by atoms with Crippen molar-refractivity contribution in [2.45, 2.75) is 18.6 Å². The first-order chi connectivity index (χ1) is 8.67. The Labute approximate surface area is 111 Å². The third-order valence-corrected chi connectivity index (χ3v) is 3.74. The molecule has 0 spiro atoms. The summed E-state index contributed by atoms with van der Waals surface area (Å²) in [5.74, 6) is 0.127. The van der Waals surface area contributed by atoms with Crippen molar-refractivity contribution in [3.05, 3.63) is 35.6 Å². The molecule has 1 aromatic rings. The fourth-order valence-electron chi connectivity index (χ4n) is 1.47. The number of nitrogens with one attached hydrogen (secondary N) is 1. The zero-order valence-corrected chi connectivity index (χ0v) is 11.3. The molecule has 0 heterocycles. The summed E-state index contributed by atoms with van der Waals surface area (Å²) in [6, 6.07) is 6.25. The average Bonchev–Trinajstić information content (AvgIpc) is 2.39. The highest BCUT2D eigenvalue weighted by atomic mass is 32.2. The van der Waals surface area contributed by atoms with Crippen LogP contribution in [-0.2, 0) is 4.79 Å². The molecule has 0 saturated heterocycles. The van der Waals surface area contributed by atoms with Crippen LogP contribution < -0.4 is 11.1 Å². The first kappa shape index (κ1) is 15.0. The molecule has 0 saturated carbocycles. The van der Waals surface area contributed by atoms with E-state index in [1.807, 2.05) is 6.92 Å². The van der Waals surface area contributed by atoms with Gasteiger partial charge in [0.15, 0.2) is 0 Å². The van der Waals surface area contributed by atoms with Crippen molar-refractivity contribution in [1.29, 1.82) is 0 Å². The van der Waals surface area contributed by atoms with Gasteiger partial charge in [-0.25, -0.2) is 4.39 Å². The molecule has 1 unspecified atom stereocenters. The zero-order chi connectivity index (χ0) is 13.4. The highest BCUT2D eigenvalue weighted by Crippen LogP contribution is 2.27. The lowest BCUT2D eigenvalue weighted by atomic mass is 10.1. The summed E-state index contributed by atoms with van der Waals surface area (Å²) in [4.78, 5) is 11.5. The Bertz CT molecular complexity index is 370. The second-order valence-corrected chi connectivity index (χ2v) is 5.13. The van der Waals surface area contributed by atoms with Gasteiger partial charge >= 0.3 is 0 Å². The first-order valence-electron chi connectivity index (χ1n) is 6.01. The van der Waals surface area contributed by atoms with E-state index in [0.29, 0.717) is 18.8 Å². The fourth-order valence-corrected chi connectivity index (χ4v) is 2.41. The molecule has 0 aliphatic rings. The number of carbonyl (C=O) groups is 1. The van der Waals surface area contributed by atoms with Crippen molar-refractivity contribution in [2.75, 3.05) is 18.8 Å². The highest BCUT2D eigenvalue weighted by molar-refractivity contribution is 8.00. The Balaban J connectivity index is 2.47. The van der Waals surface area contributed by atoms with Crippen LogP contribution in [0.2, 0.25) is 0 Å². The summed E-state index contributed by atoms with van der Waals surface area (Å²) in [6.07, 6.45) is 0.925. The molecule has 1 rings (SSSR count). The summed E-state index contributed by atoms with van der Waals surface area (Å²) < 4.78 is 12.8. The molecule has 0 aliphatic heterocycles. The van der Waals surface area contributed by atoms with Gasteiger partial charge in [-0.05, 0) is 24.1 Å². The smallest absolute Gasteiger partial charge is 0.230 e. The molecular weight excluding hydrogens is 251 g/mol. The Morgan fingerprint density at radius 3 is 2.67 bits per heavy atom. The van der Waals surface area contributed by atoms with Crippen LogP contribution in [0.1, 0.15) is 24.2 Å². The van der Waals surface area contributed by atoms with E-state index in [1.165, 1.54) is 23.9 Å². The second-order valence-electron chi connectivity index (χ2n) is 3.94. The van der Waals surface area contributed by atoms with E-state index >= 15 is 0 Å². The molecule has 0 fully saturated rings. The summed E-state index contributed by atoms with van der Waals surface area (Å²) in [5.41, 5.74) is 6.63. The van der Waals surface area contributed by atoms with Crippen LogP contribution in [0, 0.1) is 5.82 Å². The van der Waals surface area contributed by atoms with Gasteiger partial charge in [0.2, 0.25) is 5.91 Å². The third kappa shape index (κ3) is 5.06. The SMILES string of the molecule is CCCNC(=O)CSC(CN)c1ccc(F)cc1. The molecule has 1 atom stereocenters. The molecule has 18 heavy (non-hydrogen) atoms. The Morgan fingerprint density at radius 2 is 2.11 bits per heavy atom. The van der Waals surface area contributed by atoms with Crippen LogP contribution in [0.15, 0.2) is 24.3 Å². The van der Waals surface area contributed by atoms with Crippen molar-refractivity contribution in [3.63, 3.8) is 0 Å². The molecule has 3 N–H and O–H groups in total. The van der Waals surface area contributed by atoms with Gasteiger partial charge in [-0.15, -0.1) is 11.8 Å². The second kappa shape index (κ2) is 8.11. The lowest BCUT2D eigenvalue weighted by Crippen LogP contribution is -2.26. The van der Waals surface area contributed by atoms with Crippen molar-refractivity contribution >= 4 is 17.7 Å². The van der Waals surface area contributed by atoms with Crippen LogP contribution >= 0.6 is 11.8 Å². The summed E-state index contributed by atoms with van der Waals surface area (Å²) in [6.45, 7) is 3.13. The van der Waals surface area contributed by atoms with Crippen LogP contribution in [-0.4, -0.2) is 24.7 Å². The Hall–Kier alpha value is -1.07. The molecule has 0 aliphatic carbocycles. The van der Waals surface area contributed by atoms with Gasteiger partial charge in [0, 0.05) is 18.3 Å². The zero-order valence-electron chi connectivity index (χ0n) is 10.5. The number of hydrogen-bond acceptors (Lipinski definition) is 3. The average molecular weight is 270 g/mol. The first-order valence-corrected chi connectivity index (χ1v) is 7.06. The Kier molecular flexibility index (Phi) is 6.75. The molecule has 1 aromatic carbocycles. The molecule has 5 heteroatoms. The van der Waals surface area contributed by atoms with E-state index in [9.17, 15) is 9.18 Å². The monoisotopic (exact) mass is 270 g/mol. The maximum absolute atomic E-state index is 12.8. The van der Waals surface area contributed by atoms with Crippen LogP contribution in [0.25, 0.3) is 0 Å². The third-order valence-electron chi connectivity index (χ3n) is 2.44. The minimum absolute atomic E-state index is 0.0161. The van der Waals surface area contributed by atoms with Crippen LogP contribution in [0.4, 0.5) is 4.39 Å². The van der Waals surface area contributed by atoms with Crippen molar-refractivity contribution in [3.8, 4) is 0 Å². The van der Waals surface area contributed by atoms with E-state index in [-0.39, 0.29) is 17.0 Å². The number of benzene rings is 1. The van der Waals surface area contributed by atoms with Gasteiger partial charge in [-0.3, -0.25) is 4.79 Å². The topological polar surface area (TPSA) is 55.1 Å². The highest BCUT2D eigenvalue weighted by Gasteiger charge is 2.12. The quantitative estimate of drug-likeness (QED) is 0.797. The normalized spacial score (nSPS) is 12.2. The van der Waals surface area contributed by atoms with Crippen LogP contribution in [0.5, 0.6) is 0 Å². The fraction of sp³-hybridized carbons (Fsp3) is 0.462. The van der Waals surface area contributed by atoms with Gasteiger partial charge in [0.1, 0.15) is 5.82 Å². The minimum Gasteiger partial charge on any atom is -0.355 e. The number of amides is 1. The summed E-state index contributed by atoms with van der Waals surface area (Å²) >= 11 is 1.48. The number of carbonyl (C=O) groups excluding carboxylic acids is 1. The van der Waals surface area contributed by atoms with Crippen molar-refractivity contribution < 1.29 is 9.18 Å². The predicted molar refractivity (Wildman–Crippen MR) is 74.0 cm³/mol. The number of nitrogens with two attached hydrogens (primary N) is 1. The van der Waals surface area contributed by atoms with Crippen LogP contribution in [0.3, 0.4) is 0 Å². The maximum atomic E-state index is 12.8. The molecule has 0 aromatic heterocycles. The number of halogens is 1. The lowest BCUT2D eigenvalue weighted by molar-refractivity contribution is -0.118. The van der Waals surface area contributed by atoms with E-state index < -0.39 is 0 Å². The lowest BCUT2D eigenvalue weighted by Gasteiger charge is -2.14. The maximum Gasteiger partial charge on any atom is 0.230 e. The van der Waals surface area contributed by atoms with Gasteiger partial charge in [-0.2, -0.15) is 0 Å². The number of rotatable bonds is 7. The largest absolute Gasteiger partial charge is 0.355 e. The van der Waals surface area contributed by atoms with Crippen molar-refractivity contribution in [2.24, 2.45) is 5.73 Å². The van der Waals surface area contributed by atoms with Crippen molar-refractivity contribution in [1.82, 2.24) is 5.32 Å². The molecule has 100 valence electrons.